The summed E-state index contributed by atoms with van der Waals surface area (Å²) < 4.78 is 0. The molecule has 1 heterocycles. The average molecular weight is 217 g/mol. The molecule has 0 radical (unpaired) electrons. The minimum Gasteiger partial charge on any atom is -0.354 e. The minimum atomic E-state index is 0.745. The van der Waals surface area contributed by atoms with E-state index in [1.807, 2.05) is 30.8 Å². The Hall–Kier alpha value is -0.260. The molecule has 0 fully saturated rings. The second-order valence-electron chi connectivity index (χ2n) is 2.86. The van der Waals surface area contributed by atoms with Crippen molar-refractivity contribution in [3.63, 3.8) is 0 Å². The maximum Gasteiger partial charge on any atom is 0.185 e. The van der Waals surface area contributed by atoms with Gasteiger partial charge in [-0.05, 0) is 0 Å². The number of aromatic nitrogens is 1. The van der Waals surface area contributed by atoms with E-state index in [0.717, 1.165) is 28.9 Å². The third-order valence-corrected chi connectivity index (χ3v) is 3.52. The highest BCUT2D eigenvalue weighted by Crippen LogP contribution is 2.20. The Morgan fingerprint density at radius 2 is 2.38 bits per heavy atom. The van der Waals surface area contributed by atoms with Crippen LogP contribution in [0.25, 0.3) is 0 Å². The lowest BCUT2D eigenvalue weighted by Gasteiger charge is -2.05. The predicted molar refractivity (Wildman–Crippen MR) is 61.7 cm³/mol. The molecule has 0 aliphatic heterocycles. The van der Waals surface area contributed by atoms with Crippen molar-refractivity contribution in [1.29, 1.82) is 0 Å². The predicted octanol–water partition coefficient (Wildman–Crippen LogP) is 1.40. The third kappa shape index (κ3) is 3.54. The first kappa shape index (κ1) is 10.8. The molecule has 13 heavy (non-hydrogen) atoms. The molecule has 0 aliphatic rings. The van der Waals surface area contributed by atoms with Gasteiger partial charge in [-0.1, -0.05) is 0 Å². The van der Waals surface area contributed by atoms with Crippen molar-refractivity contribution in [2.75, 3.05) is 31.3 Å². The van der Waals surface area contributed by atoms with Crippen molar-refractivity contribution in [1.82, 2.24) is 4.98 Å². The van der Waals surface area contributed by atoms with Gasteiger partial charge in [0, 0.05) is 37.5 Å². The second-order valence-corrected chi connectivity index (χ2v) is 4.80. The van der Waals surface area contributed by atoms with Crippen molar-refractivity contribution in [3.8, 4) is 0 Å². The summed E-state index contributed by atoms with van der Waals surface area (Å²) in [5, 5.41) is 3.18. The van der Waals surface area contributed by atoms with Crippen LogP contribution < -0.4 is 10.6 Å². The molecule has 0 unspecified atom stereocenters. The fourth-order valence-corrected chi connectivity index (χ4v) is 2.36. The van der Waals surface area contributed by atoms with E-state index in [0.29, 0.717) is 0 Å². The summed E-state index contributed by atoms with van der Waals surface area (Å²) in [6.07, 6.45) is 0. The van der Waals surface area contributed by atoms with Crippen LogP contribution in [0.3, 0.4) is 0 Å². The van der Waals surface area contributed by atoms with Crippen LogP contribution in [0.5, 0.6) is 0 Å². The quantitative estimate of drug-likeness (QED) is 0.757. The summed E-state index contributed by atoms with van der Waals surface area (Å²) in [5.74, 6) is 1.98. The van der Waals surface area contributed by atoms with Gasteiger partial charge in [-0.15, -0.1) is 11.3 Å². The Balaban J connectivity index is 2.40. The summed E-state index contributed by atoms with van der Waals surface area (Å²) in [6, 6.07) is 0. The topological polar surface area (TPSA) is 42.2 Å². The van der Waals surface area contributed by atoms with Gasteiger partial charge in [0.05, 0.1) is 5.69 Å². The van der Waals surface area contributed by atoms with Gasteiger partial charge in [0.25, 0.3) is 0 Å². The normalized spacial score (nSPS) is 10.4. The maximum atomic E-state index is 5.40. The molecule has 3 nitrogen and oxygen atoms in total. The Labute approximate surface area is 87.3 Å². The van der Waals surface area contributed by atoms with Crippen molar-refractivity contribution in [3.05, 3.63) is 11.1 Å². The largest absolute Gasteiger partial charge is 0.354 e. The van der Waals surface area contributed by atoms with Gasteiger partial charge in [0.15, 0.2) is 5.13 Å². The first-order chi connectivity index (χ1) is 6.24. The fourth-order valence-electron chi connectivity index (χ4n) is 0.828. The molecule has 2 N–H and O–H groups in total. The summed E-state index contributed by atoms with van der Waals surface area (Å²) in [7, 11) is 4.02. The van der Waals surface area contributed by atoms with Gasteiger partial charge < -0.3 is 10.6 Å². The van der Waals surface area contributed by atoms with Crippen LogP contribution >= 0.6 is 23.1 Å². The van der Waals surface area contributed by atoms with Gasteiger partial charge in [-0.2, -0.15) is 11.8 Å². The summed E-state index contributed by atoms with van der Waals surface area (Å²) in [6.45, 7) is 0.745. The van der Waals surface area contributed by atoms with Gasteiger partial charge >= 0.3 is 0 Å². The molecule has 0 aromatic carbocycles. The van der Waals surface area contributed by atoms with Gasteiger partial charge in [-0.25, -0.2) is 4.98 Å². The SMILES string of the molecule is CN(C)c1nc(CSCCN)cs1. The van der Waals surface area contributed by atoms with Crippen molar-refractivity contribution >= 4 is 28.2 Å². The van der Waals surface area contributed by atoms with Crippen molar-refractivity contribution in [2.24, 2.45) is 5.73 Å². The van der Waals surface area contributed by atoms with E-state index in [1.54, 1.807) is 11.3 Å². The molecule has 0 amide bonds. The molecular formula is C8H15N3S2. The van der Waals surface area contributed by atoms with Crippen LogP contribution in [-0.2, 0) is 5.75 Å². The zero-order valence-corrected chi connectivity index (χ0v) is 9.62. The Morgan fingerprint density at radius 1 is 1.62 bits per heavy atom. The number of hydrogen-bond acceptors (Lipinski definition) is 5. The maximum absolute atomic E-state index is 5.40. The Kier molecular flexibility index (Phi) is 4.55. The Morgan fingerprint density at radius 3 is 2.92 bits per heavy atom. The van der Waals surface area contributed by atoms with Crippen LogP contribution in [0.2, 0.25) is 0 Å². The van der Waals surface area contributed by atoms with E-state index >= 15 is 0 Å². The Bertz CT molecular complexity index is 247. The second kappa shape index (κ2) is 5.47. The molecule has 0 saturated carbocycles. The first-order valence-electron chi connectivity index (χ1n) is 4.13. The highest BCUT2D eigenvalue weighted by Gasteiger charge is 2.02. The van der Waals surface area contributed by atoms with E-state index < -0.39 is 0 Å². The number of nitrogens with zero attached hydrogens (tertiary/aromatic N) is 2. The summed E-state index contributed by atoms with van der Waals surface area (Å²) in [4.78, 5) is 6.49. The first-order valence-corrected chi connectivity index (χ1v) is 6.17. The molecule has 74 valence electrons. The zero-order chi connectivity index (χ0) is 9.68. The number of thiazole rings is 1. The molecule has 1 aromatic rings. The van der Waals surface area contributed by atoms with Crippen LogP contribution in [-0.4, -0.2) is 31.4 Å². The molecule has 1 aromatic heterocycles. The fraction of sp³-hybridized carbons (Fsp3) is 0.625. The van der Waals surface area contributed by atoms with Crippen LogP contribution in [0.4, 0.5) is 5.13 Å². The lowest BCUT2D eigenvalue weighted by molar-refractivity contribution is 1.08. The summed E-state index contributed by atoms with van der Waals surface area (Å²) in [5.41, 5.74) is 6.56. The molecule has 0 atom stereocenters. The van der Waals surface area contributed by atoms with Gasteiger partial charge in [-0.3, -0.25) is 0 Å². The van der Waals surface area contributed by atoms with Crippen LogP contribution in [0.1, 0.15) is 5.69 Å². The van der Waals surface area contributed by atoms with Crippen molar-refractivity contribution < 1.29 is 0 Å². The number of hydrogen-bond donors (Lipinski definition) is 1. The number of nitrogens with two attached hydrogens (primary N) is 1. The van der Waals surface area contributed by atoms with E-state index in [9.17, 15) is 0 Å². The van der Waals surface area contributed by atoms with E-state index in [1.165, 1.54) is 0 Å². The molecule has 5 heteroatoms. The van der Waals surface area contributed by atoms with Gasteiger partial charge in [0.1, 0.15) is 0 Å². The highest BCUT2D eigenvalue weighted by molar-refractivity contribution is 7.98. The van der Waals surface area contributed by atoms with E-state index in [2.05, 4.69) is 10.4 Å². The standard InChI is InChI=1S/C8H15N3S2/c1-11(2)8-10-7(6-13-8)5-12-4-3-9/h6H,3-5,9H2,1-2H3. The monoisotopic (exact) mass is 217 g/mol. The molecule has 0 saturated heterocycles. The number of anilines is 1. The third-order valence-electron chi connectivity index (χ3n) is 1.43. The van der Waals surface area contributed by atoms with Gasteiger partial charge in [0.2, 0.25) is 0 Å². The molecule has 1 rings (SSSR count). The number of thioether (sulfide) groups is 1. The van der Waals surface area contributed by atoms with E-state index in [4.69, 9.17) is 5.73 Å². The molecular weight excluding hydrogens is 202 g/mol. The van der Waals surface area contributed by atoms with Crippen LogP contribution in [0, 0.1) is 0 Å². The van der Waals surface area contributed by atoms with E-state index in [-0.39, 0.29) is 0 Å². The smallest absolute Gasteiger partial charge is 0.185 e. The van der Waals surface area contributed by atoms with Crippen molar-refractivity contribution in [2.45, 2.75) is 5.75 Å². The zero-order valence-electron chi connectivity index (χ0n) is 7.99. The highest BCUT2D eigenvalue weighted by atomic mass is 32.2. The lowest BCUT2D eigenvalue weighted by atomic mass is 10.6. The molecule has 0 aliphatic carbocycles. The minimum absolute atomic E-state index is 0.745. The summed E-state index contributed by atoms with van der Waals surface area (Å²) >= 11 is 3.52. The number of rotatable bonds is 5. The lowest BCUT2D eigenvalue weighted by Crippen LogP contribution is -2.08. The average Bonchev–Trinajstić information content (AvgIpc) is 2.53. The molecule has 0 spiro atoms. The van der Waals surface area contributed by atoms with Crippen LogP contribution in [0.15, 0.2) is 5.38 Å². The molecule has 0 bridgehead atoms.